The highest BCUT2D eigenvalue weighted by atomic mass is 32.1. The van der Waals surface area contributed by atoms with Crippen molar-refractivity contribution in [2.24, 2.45) is 0 Å². The highest BCUT2D eigenvalue weighted by molar-refractivity contribution is 7.15. The Morgan fingerprint density at radius 1 is 1.59 bits per heavy atom. The van der Waals surface area contributed by atoms with Gasteiger partial charge in [0.2, 0.25) is 0 Å². The molecule has 0 aromatic carbocycles. The van der Waals surface area contributed by atoms with E-state index in [1.807, 2.05) is 13.8 Å². The van der Waals surface area contributed by atoms with Gasteiger partial charge in [-0.1, -0.05) is 0 Å². The molecule has 0 aliphatic rings. The summed E-state index contributed by atoms with van der Waals surface area (Å²) in [5.41, 5.74) is 3.28. The second-order valence-electron chi connectivity index (χ2n) is 3.96. The Morgan fingerprint density at radius 3 is 3.06 bits per heavy atom. The van der Waals surface area contributed by atoms with E-state index < -0.39 is 5.97 Å². The van der Waals surface area contributed by atoms with Crippen molar-refractivity contribution in [3.8, 4) is 0 Å². The second kappa shape index (κ2) is 4.85. The molecule has 2 aromatic heterocycles. The highest BCUT2D eigenvalue weighted by Gasteiger charge is 2.11. The van der Waals surface area contributed by atoms with E-state index in [1.165, 1.54) is 5.69 Å². The molecule has 0 bridgehead atoms. The van der Waals surface area contributed by atoms with Crippen molar-refractivity contribution in [3.63, 3.8) is 0 Å². The van der Waals surface area contributed by atoms with Crippen molar-refractivity contribution in [1.29, 1.82) is 0 Å². The molecule has 0 saturated carbocycles. The van der Waals surface area contributed by atoms with Crippen LogP contribution >= 0.6 is 11.3 Å². The average molecular weight is 253 g/mol. The molecule has 2 heterocycles. The Bertz CT molecular complexity index is 544. The Balaban J connectivity index is 2.09. The van der Waals surface area contributed by atoms with Crippen LogP contribution in [0.2, 0.25) is 0 Å². The van der Waals surface area contributed by atoms with Gasteiger partial charge >= 0.3 is 5.97 Å². The number of thiazole rings is 1. The van der Waals surface area contributed by atoms with Crippen molar-refractivity contribution < 1.29 is 9.90 Å². The Hall–Kier alpha value is -1.40. The molecule has 0 fully saturated rings. The van der Waals surface area contributed by atoms with Gasteiger partial charge in [0.05, 0.1) is 17.8 Å². The number of fused-ring (bicyclic) bond motifs is 1. The number of nitrogens with zero attached hydrogens (tertiary/aromatic N) is 2. The van der Waals surface area contributed by atoms with Crippen molar-refractivity contribution >= 4 is 22.3 Å². The number of aliphatic carboxylic acids is 1. The van der Waals surface area contributed by atoms with Crippen LogP contribution in [-0.4, -0.2) is 27.0 Å². The van der Waals surface area contributed by atoms with Gasteiger partial charge in [-0.2, -0.15) is 0 Å². The van der Waals surface area contributed by atoms with E-state index in [9.17, 15) is 4.79 Å². The summed E-state index contributed by atoms with van der Waals surface area (Å²) >= 11 is 1.62. The maximum absolute atomic E-state index is 10.4. The number of rotatable bonds is 5. The molecular weight excluding hydrogens is 238 g/mol. The molecule has 0 atom stereocenters. The number of imidazole rings is 1. The zero-order chi connectivity index (χ0) is 12.4. The predicted molar refractivity (Wildman–Crippen MR) is 66.5 cm³/mol. The third kappa shape index (κ3) is 2.48. The largest absolute Gasteiger partial charge is 0.481 e. The van der Waals surface area contributed by atoms with Crippen molar-refractivity contribution in [3.05, 3.63) is 22.5 Å². The summed E-state index contributed by atoms with van der Waals surface area (Å²) in [6.45, 7) is 5.15. The fourth-order valence-corrected chi connectivity index (χ4v) is 2.71. The van der Waals surface area contributed by atoms with Crippen LogP contribution < -0.4 is 5.32 Å². The second-order valence-corrected chi connectivity index (χ2v) is 4.80. The standard InChI is InChI=1S/C11H15N3O2S/c1-7-6-17-11-13-8(2)9(14(7)11)5-12-4-3-10(15)16/h6,12H,3-5H2,1-2H3,(H,15,16). The van der Waals surface area contributed by atoms with Crippen LogP contribution in [0, 0.1) is 13.8 Å². The first-order chi connectivity index (χ1) is 8.09. The van der Waals surface area contributed by atoms with Gasteiger partial charge in [-0.15, -0.1) is 11.3 Å². The maximum Gasteiger partial charge on any atom is 0.304 e. The van der Waals surface area contributed by atoms with Crippen LogP contribution in [0.4, 0.5) is 0 Å². The molecule has 0 amide bonds. The molecule has 6 heteroatoms. The third-order valence-electron chi connectivity index (χ3n) is 2.64. The van der Waals surface area contributed by atoms with E-state index in [0.717, 1.165) is 16.3 Å². The van der Waals surface area contributed by atoms with Gasteiger partial charge in [-0.25, -0.2) is 4.98 Å². The number of aryl methyl sites for hydroxylation is 2. The summed E-state index contributed by atoms with van der Waals surface area (Å²) < 4.78 is 2.12. The van der Waals surface area contributed by atoms with Crippen molar-refractivity contribution in [2.45, 2.75) is 26.8 Å². The number of nitrogens with one attached hydrogen (secondary N) is 1. The van der Waals surface area contributed by atoms with E-state index in [0.29, 0.717) is 13.1 Å². The molecule has 92 valence electrons. The summed E-state index contributed by atoms with van der Waals surface area (Å²) in [6, 6.07) is 0. The number of carboxylic acids is 1. The highest BCUT2D eigenvalue weighted by Crippen LogP contribution is 2.20. The number of carbonyl (C=O) groups is 1. The van der Waals surface area contributed by atoms with E-state index in [-0.39, 0.29) is 6.42 Å². The van der Waals surface area contributed by atoms with Gasteiger partial charge in [0.25, 0.3) is 0 Å². The van der Waals surface area contributed by atoms with Gasteiger partial charge in [0, 0.05) is 24.2 Å². The first-order valence-corrected chi connectivity index (χ1v) is 6.32. The van der Waals surface area contributed by atoms with Crippen molar-refractivity contribution in [1.82, 2.24) is 14.7 Å². The van der Waals surface area contributed by atoms with Crippen LogP contribution in [0.5, 0.6) is 0 Å². The van der Waals surface area contributed by atoms with Gasteiger partial charge in [0.15, 0.2) is 4.96 Å². The Kier molecular flexibility index (Phi) is 3.44. The minimum absolute atomic E-state index is 0.142. The minimum Gasteiger partial charge on any atom is -0.481 e. The summed E-state index contributed by atoms with van der Waals surface area (Å²) in [7, 11) is 0. The average Bonchev–Trinajstić information content (AvgIpc) is 2.75. The number of hydrogen-bond donors (Lipinski definition) is 2. The topological polar surface area (TPSA) is 66.6 Å². The molecule has 2 aromatic rings. The van der Waals surface area contributed by atoms with Gasteiger partial charge in [-0.3, -0.25) is 9.20 Å². The fourth-order valence-electron chi connectivity index (χ4n) is 1.78. The summed E-state index contributed by atoms with van der Waals surface area (Å²) in [5, 5.41) is 13.8. The first kappa shape index (κ1) is 12.1. The normalized spacial score (nSPS) is 11.2. The number of hydrogen-bond acceptors (Lipinski definition) is 4. The first-order valence-electron chi connectivity index (χ1n) is 5.44. The molecular formula is C11H15N3O2S. The smallest absolute Gasteiger partial charge is 0.304 e. The lowest BCUT2D eigenvalue weighted by molar-refractivity contribution is -0.136. The molecule has 0 spiro atoms. The predicted octanol–water partition coefficient (Wildman–Crippen LogP) is 1.58. The SMILES string of the molecule is Cc1nc2scc(C)n2c1CNCCC(=O)O. The lowest BCUT2D eigenvalue weighted by Crippen LogP contribution is -2.19. The molecule has 0 radical (unpaired) electrons. The van der Waals surface area contributed by atoms with Crippen LogP contribution in [-0.2, 0) is 11.3 Å². The lowest BCUT2D eigenvalue weighted by Gasteiger charge is -2.04. The fraction of sp³-hybridized carbons (Fsp3) is 0.455. The van der Waals surface area contributed by atoms with E-state index >= 15 is 0 Å². The third-order valence-corrected chi connectivity index (χ3v) is 3.58. The Labute approximate surface area is 103 Å². The molecule has 0 saturated heterocycles. The van der Waals surface area contributed by atoms with Crippen LogP contribution in [0.15, 0.2) is 5.38 Å². The minimum atomic E-state index is -0.778. The summed E-state index contributed by atoms with van der Waals surface area (Å²) in [4.78, 5) is 15.9. The zero-order valence-electron chi connectivity index (χ0n) is 9.86. The van der Waals surface area contributed by atoms with E-state index in [1.54, 1.807) is 11.3 Å². The van der Waals surface area contributed by atoms with Gasteiger partial charge in [-0.05, 0) is 13.8 Å². The van der Waals surface area contributed by atoms with Gasteiger partial charge in [0.1, 0.15) is 0 Å². The monoisotopic (exact) mass is 253 g/mol. The van der Waals surface area contributed by atoms with E-state index in [4.69, 9.17) is 5.11 Å². The van der Waals surface area contributed by atoms with Crippen molar-refractivity contribution in [2.75, 3.05) is 6.54 Å². The van der Waals surface area contributed by atoms with Crippen LogP contribution in [0.1, 0.15) is 23.5 Å². The summed E-state index contributed by atoms with van der Waals surface area (Å²) in [5.74, 6) is -0.778. The number of carboxylic acid groups (broad SMARTS) is 1. The molecule has 0 aliphatic heterocycles. The molecule has 17 heavy (non-hydrogen) atoms. The molecule has 2 rings (SSSR count). The molecule has 0 aliphatic carbocycles. The quantitative estimate of drug-likeness (QED) is 0.794. The molecule has 5 nitrogen and oxygen atoms in total. The molecule has 2 N–H and O–H groups in total. The maximum atomic E-state index is 10.4. The van der Waals surface area contributed by atoms with Gasteiger partial charge < -0.3 is 10.4 Å². The van der Waals surface area contributed by atoms with E-state index in [2.05, 4.69) is 20.1 Å². The molecule has 0 unspecified atom stereocenters. The summed E-state index contributed by atoms with van der Waals surface area (Å²) in [6.07, 6.45) is 0.142. The number of aromatic nitrogens is 2. The van der Waals surface area contributed by atoms with Crippen LogP contribution in [0.3, 0.4) is 0 Å². The lowest BCUT2D eigenvalue weighted by atomic mass is 10.3. The zero-order valence-corrected chi connectivity index (χ0v) is 10.7. The van der Waals surface area contributed by atoms with Crippen LogP contribution in [0.25, 0.3) is 4.96 Å². The Morgan fingerprint density at radius 2 is 2.35 bits per heavy atom.